The lowest BCUT2D eigenvalue weighted by Crippen LogP contribution is -2.41. The predicted molar refractivity (Wildman–Crippen MR) is 52.1 cm³/mol. The first kappa shape index (κ1) is 11.6. The minimum absolute atomic E-state index is 0.0370. The molecule has 0 radical (unpaired) electrons. The molecule has 0 bridgehead atoms. The van der Waals surface area contributed by atoms with E-state index in [-0.39, 0.29) is 12.0 Å². The van der Waals surface area contributed by atoms with Crippen molar-refractivity contribution in [2.75, 3.05) is 7.05 Å². The third-order valence-corrected chi connectivity index (χ3v) is 2.40. The fourth-order valence-electron chi connectivity index (χ4n) is 1.30. The van der Waals surface area contributed by atoms with Gasteiger partial charge >= 0.3 is 0 Å². The van der Waals surface area contributed by atoms with E-state index in [4.69, 9.17) is 0 Å². The number of carbonyl (C=O) groups excluding carboxylic acids is 1. The van der Waals surface area contributed by atoms with Crippen molar-refractivity contribution in [1.82, 2.24) is 5.32 Å². The van der Waals surface area contributed by atoms with Gasteiger partial charge in [-0.2, -0.15) is 0 Å². The lowest BCUT2D eigenvalue weighted by Gasteiger charge is -2.22. The van der Waals surface area contributed by atoms with Crippen molar-refractivity contribution < 1.29 is 4.79 Å². The number of ketones is 1. The summed E-state index contributed by atoms with van der Waals surface area (Å²) >= 11 is 0. The largest absolute Gasteiger partial charge is 0.310 e. The molecule has 0 heterocycles. The van der Waals surface area contributed by atoms with Crippen LogP contribution in [0.1, 0.15) is 34.1 Å². The topological polar surface area (TPSA) is 29.1 Å². The molecule has 0 spiro atoms. The number of carbonyl (C=O) groups is 1. The van der Waals surface area contributed by atoms with E-state index in [1.165, 1.54) is 0 Å². The molecule has 0 saturated carbocycles. The van der Waals surface area contributed by atoms with E-state index in [1.807, 2.05) is 20.9 Å². The van der Waals surface area contributed by atoms with E-state index in [1.54, 1.807) is 0 Å². The second-order valence-corrected chi connectivity index (χ2v) is 3.71. The quantitative estimate of drug-likeness (QED) is 0.684. The van der Waals surface area contributed by atoms with E-state index in [9.17, 15) is 4.79 Å². The van der Waals surface area contributed by atoms with Crippen LogP contribution >= 0.6 is 0 Å². The average Bonchev–Trinajstić information content (AvgIpc) is 2.05. The van der Waals surface area contributed by atoms with Gasteiger partial charge in [-0.25, -0.2) is 0 Å². The minimum Gasteiger partial charge on any atom is -0.310 e. The van der Waals surface area contributed by atoms with Gasteiger partial charge in [-0.05, 0) is 13.0 Å². The zero-order chi connectivity index (χ0) is 9.72. The Labute approximate surface area is 75.7 Å². The van der Waals surface area contributed by atoms with Gasteiger partial charge in [0.05, 0.1) is 6.04 Å². The van der Waals surface area contributed by atoms with Crippen molar-refractivity contribution in [3.8, 4) is 0 Å². The van der Waals surface area contributed by atoms with Gasteiger partial charge in [-0.1, -0.05) is 34.1 Å². The summed E-state index contributed by atoms with van der Waals surface area (Å²) in [4.78, 5) is 11.6. The second-order valence-electron chi connectivity index (χ2n) is 3.71. The predicted octanol–water partition coefficient (Wildman–Crippen LogP) is 1.85. The normalized spacial score (nSPS) is 16.2. The van der Waals surface area contributed by atoms with Crippen LogP contribution in [0.5, 0.6) is 0 Å². The summed E-state index contributed by atoms with van der Waals surface area (Å²) in [6.07, 6.45) is 1.05. The lowest BCUT2D eigenvalue weighted by atomic mass is 9.90. The van der Waals surface area contributed by atoms with Crippen molar-refractivity contribution in [2.24, 2.45) is 11.8 Å². The first-order chi connectivity index (χ1) is 5.54. The Balaban J connectivity index is 4.24. The fraction of sp³-hybridized carbons (Fsp3) is 0.900. The Bertz CT molecular complexity index is 143. The summed E-state index contributed by atoms with van der Waals surface area (Å²) in [5.41, 5.74) is 0. The molecule has 0 aromatic heterocycles. The minimum atomic E-state index is 0.0370. The van der Waals surface area contributed by atoms with Crippen LogP contribution < -0.4 is 5.32 Å². The third-order valence-electron chi connectivity index (χ3n) is 2.40. The Morgan fingerprint density at radius 3 is 2.08 bits per heavy atom. The number of likely N-dealkylation sites (N-methyl/N-ethyl adjacent to an activating group) is 1. The molecule has 72 valence electrons. The molecule has 0 amide bonds. The van der Waals surface area contributed by atoms with Gasteiger partial charge in [0.2, 0.25) is 0 Å². The van der Waals surface area contributed by atoms with Gasteiger partial charge in [0, 0.05) is 5.92 Å². The highest BCUT2D eigenvalue weighted by molar-refractivity contribution is 5.85. The summed E-state index contributed by atoms with van der Waals surface area (Å²) in [7, 11) is 1.86. The summed E-state index contributed by atoms with van der Waals surface area (Å²) in [6, 6.07) is 0.0370. The Hall–Kier alpha value is -0.370. The van der Waals surface area contributed by atoms with Crippen LogP contribution in [-0.4, -0.2) is 18.9 Å². The van der Waals surface area contributed by atoms with Gasteiger partial charge in [0.15, 0.2) is 5.78 Å². The molecule has 0 aliphatic rings. The van der Waals surface area contributed by atoms with Crippen molar-refractivity contribution in [2.45, 2.75) is 40.2 Å². The monoisotopic (exact) mass is 171 g/mol. The molecule has 0 aromatic rings. The molecule has 0 aromatic carbocycles. The zero-order valence-corrected chi connectivity index (χ0v) is 8.85. The van der Waals surface area contributed by atoms with Gasteiger partial charge in [-0.15, -0.1) is 0 Å². The fourth-order valence-corrected chi connectivity index (χ4v) is 1.30. The summed E-state index contributed by atoms with van der Waals surface area (Å²) in [6.45, 7) is 8.13. The van der Waals surface area contributed by atoms with Gasteiger partial charge in [0.1, 0.15) is 0 Å². The summed E-state index contributed by atoms with van der Waals surface area (Å²) in [5.74, 6) is 0.896. The molecular weight excluding hydrogens is 150 g/mol. The van der Waals surface area contributed by atoms with E-state index < -0.39 is 0 Å². The number of rotatable bonds is 5. The highest BCUT2D eigenvalue weighted by atomic mass is 16.1. The van der Waals surface area contributed by atoms with Gasteiger partial charge < -0.3 is 5.32 Å². The van der Waals surface area contributed by atoms with E-state index in [0.717, 1.165) is 6.42 Å². The highest BCUT2D eigenvalue weighted by Gasteiger charge is 2.23. The van der Waals surface area contributed by atoms with E-state index in [2.05, 4.69) is 19.2 Å². The van der Waals surface area contributed by atoms with Crippen molar-refractivity contribution in [1.29, 1.82) is 0 Å². The number of hydrogen-bond donors (Lipinski definition) is 1. The smallest absolute Gasteiger partial charge is 0.152 e. The zero-order valence-electron chi connectivity index (χ0n) is 8.85. The molecule has 2 atom stereocenters. The summed E-state index contributed by atoms with van der Waals surface area (Å²) < 4.78 is 0. The van der Waals surface area contributed by atoms with Crippen LogP contribution in [0.25, 0.3) is 0 Å². The van der Waals surface area contributed by atoms with Crippen LogP contribution in [0.4, 0.5) is 0 Å². The standard InChI is InChI=1S/C10H21NO/c1-6-8(4)9(11-5)10(12)7(2)3/h7-9,11H,6H2,1-5H3/t8-,9-/m0/s1. The maximum absolute atomic E-state index is 11.6. The van der Waals surface area contributed by atoms with Crippen LogP contribution in [-0.2, 0) is 4.79 Å². The maximum atomic E-state index is 11.6. The molecule has 0 saturated heterocycles. The third kappa shape index (κ3) is 2.94. The molecule has 0 rings (SSSR count). The number of hydrogen-bond acceptors (Lipinski definition) is 2. The molecule has 0 unspecified atom stereocenters. The average molecular weight is 171 g/mol. The van der Waals surface area contributed by atoms with Crippen molar-refractivity contribution in [3.63, 3.8) is 0 Å². The molecule has 2 nitrogen and oxygen atoms in total. The molecule has 0 fully saturated rings. The molecule has 12 heavy (non-hydrogen) atoms. The van der Waals surface area contributed by atoms with Crippen molar-refractivity contribution in [3.05, 3.63) is 0 Å². The molecule has 1 N–H and O–H groups in total. The number of Topliss-reactive ketones (excluding diaryl/α,β-unsaturated/α-hetero) is 1. The van der Waals surface area contributed by atoms with E-state index >= 15 is 0 Å². The Morgan fingerprint density at radius 2 is 1.83 bits per heavy atom. The van der Waals surface area contributed by atoms with Crippen LogP contribution in [0, 0.1) is 11.8 Å². The SMILES string of the molecule is CC[C@H](C)[C@H](NC)C(=O)C(C)C. The van der Waals surface area contributed by atoms with Gasteiger partial charge in [-0.3, -0.25) is 4.79 Å². The number of nitrogens with one attached hydrogen (secondary N) is 1. The molecular formula is C10H21NO. The summed E-state index contributed by atoms with van der Waals surface area (Å²) in [5, 5.41) is 3.08. The molecule has 0 aliphatic heterocycles. The first-order valence-electron chi connectivity index (χ1n) is 4.75. The maximum Gasteiger partial charge on any atom is 0.152 e. The van der Waals surface area contributed by atoms with Crippen LogP contribution in [0.3, 0.4) is 0 Å². The van der Waals surface area contributed by atoms with Crippen LogP contribution in [0.15, 0.2) is 0 Å². The molecule has 0 aliphatic carbocycles. The second kappa shape index (κ2) is 5.31. The highest BCUT2D eigenvalue weighted by Crippen LogP contribution is 2.12. The van der Waals surface area contributed by atoms with Crippen LogP contribution in [0.2, 0.25) is 0 Å². The lowest BCUT2D eigenvalue weighted by molar-refractivity contribution is -0.125. The first-order valence-corrected chi connectivity index (χ1v) is 4.75. The Morgan fingerprint density at radius 1 is 1.33 bits per heavy atom. The van der Waals surface area contributed by atoms with Gasteiger partial charge in [0.25, 0.3) is 0 Å². The van der Waals surface area contributed by atoms with E-state index in [0.29, 0.717) is 11.7 Å². The molecule has 2 heteroatoms. The Kier molecular flexibility index (Phi) is 5.14. The van der Waals surface area contributed by atoms with Crippen molar-refractivity contribution >= 4 is 5.78 Å².